The third kappa shape index (κ3) is 6.76. The molecule has 2 heteroatoms. The van der Waals surface area contributed by atoms with Crippen molar-refractivity contribution in [3.05, 3.63) is 0 Å². The van der Waals surface area contributed by atoms with Gasteiger partial charge in [0.05, 0.1) is 0 Å². The SMILES string of the molecule is CC(C)C1CCCC(NCC(C)(C)CN(C)C)CC1. The molecule has 1 aliphatic rings. The molecule has 0 aliphatic heterocycles. The van der Waals surface area contributed by atoms with Crippen LogP contribution >= 0.6 is 0 Å². The topological polar surface area (TPSA) is 15.3 Å². The van der Waals surface area contributed by atoms with Crippen molar-refractivity contribution in [2.24, 2.45) is 17.3 Å². The number of hydrogen-bond acceptors (Lipinski definition) is 2. The highest BCUT2D eigenvalue weighted by atomic mass is 15.1. The molecule has 0 spiro atoms. The van der Waals surface area contributed by atoms with E-state index in [4.69, 9.17) is 0 Å². The largest absolute Gasteiger partial charge is 0.313 e. The first-order chi connectivity index (χ1) is 8.80. The minimum atomic E-state index is 0.368. The number of nitrogens with zero attached hydrogens (tertiary/aromatic N) is 1. The van der Waals surface area contributed by atoms with Crippen LogP contribution < -0.4 is 5.32 Å². The van der Waals surface area contributed by atoms with Crippen LogP contribution in [0.1, 0.15) is 59.8 Å². The third-order valence-corrected chi connectivity index (χ3v) is 4.57. The lowest BCUT2D eigenvalue weighted by Gasteiger charge is -2.30. The van der Waals surface area contributed by atoms with Crippen molar-refractivity contribution in [1.82, 2.24) is 10.2 Å². The van der Waals surface area contributed by atoms with E-state index in [9.17, 15) is 0 Å². The Morgan fingerprint density at radius 1 is 1.11 bits per heavy atom. The Labute approximate surface area is 121 Å². The second-order valence-electron chi connectivity index (χ2n) is 7.99. The zero-order chi connectivity index (χ0) is 14.5. The van der Waals surface area contributed by atoms with Crippen molar-refractivity contribution >= 4 is 0 Å². The Hall–Kier alpha value is -0.0800. The molecule has 0 saturated heterocycles. The van der Waals surface area contributed by atoms with E-state index in [1.165, 1.54) is 32.1 Å². The Morgan fingerprint density at radius 3 is 2.37 bits per heavy atom. The van der Waals surface area contributed by atoms with Crippen LogP contribution in [0.4, 0.5) is 0 Å². The van der Waals surface area contributed by atoms with Gasteiger partial charge in [0.2, 0.25) is 0 Å². The summed E-state index contributed by atoms with van der Waals surface area (Å²) >= 11 is 0. The van der Waals surface area contributed by atoms with Crippen molar-refractivity contribution < 1.29 is 0 Å². The first-order valence-electron chi connectivity index (χ1n) is 8.18. The predicted octanol–water partition coefficient (Wildman–Crippen LogP) is 3.77. The van der Waals surface area contributed by atoms with E-state index in [-0.39, 0.29) is 0 Å². The summed E-state index contributed by atoms with van der Waals surface area (Å²) in [5, 5.41) is 3.84. The van der Waals surface area contributed by atoms with Gasteiger partial charge in [0, 0.05) is 19.1 Å². The van der Waals surface area contributed by atoms with Gasteiger partial charge in [-0.2, -0.15) is 0 Å². The zero-order valence-electron chi connectivity index (χ0n) is 14.1. The molecule has 1 aliphatic carbocycles. The molecule has 2 nitrogen and oxygen atoms in total. The molecule has 114 valence electrons. The van der Waals surface area contributed by atoms with Crippen LogP contribution in [0.5, 0.6) is 0 Å². The normalized spacial score (nSPS) is 25.9. The summed E-state index contributed by atoms with van der Waals surface area (Å²) in [5.41, 5.74) is 0.368. The van der Waals surface area contributed by atoms with E-state index in [0.717, 1.165) is 31.0 Å². The van der Waals surface area contributed by atoms with Crippen LogP contribution in [-0.4, -0.2) is 38.1 Å². The first-order valence-corrected chi connectivity index (χ1v) is 8.18. The van der Waals surface area contributed by atoms with Crippen molar-refractivity contribution in [3.63, 3.8) is 0 Å². The summed E-state index contributed by atoms with van der Waals surface area (Å²) in [6.07, 6.45) is 7.02. The van der Waals surface area contributed by atoms with Gasteiger partial charge in [-0.25, -0.2) is 0 Å². The lowest BCUT2D eigenvalue weighted by atomic mass is 9.89. The summed E-state index contributed by atoms with van der Waals surface area (Å²) < 4.78 is 0. The van der Waals surface area contributed by atoms with Crippen LogP contribution in [-0.2, 0) is 0 Å². The van der Waals surface area contributed by atoms with E-state index in [0.29, 0.717) is 5.41 Å². The molecular formula is C17H36N2. The second kappa shape index (κ2) is 7.64. The van der Waals surface area contributed by atoms with Crippen molar-refractivity contribution in [2.75, 3.05) is 27.2 Å². The van der Waals surface area contributed by atoms with E-state index in [1.807, 2.05) is 0 Å². The van der Waals surface area contributed by atoms with E-state index < -0.39 is 0 Å². The number of nitrogens with one attached hydrogen (secondary N) is 1. The lowest BCUT2D eigenvalue weighted by molar-refractivity contribution is 0.221. The molecule has 0 bridgehead atoms. The quantitative estimate of drug-likeness (QED) is 0.738. The van der Waals surface area contributed by atoms with E-state index >= 15 is 0 Å². The maximum Gasteiger partial charge on any atom is 0.00674 e. The molecule has 0 radical (unpaired) electrons. The van der Waals surface area contributed by atoms with Gasteiger partial charge in [-0.3, -0.25) is 0 Å². The Kier molecular flexibility index (Phi) is 6.82. The second-order valence-corrected chi connectivity index (χ2v) is 7.99. The fourth-order valence-electron chi connectivity index (χ4n) is 3.53. The van der Waals surface area contributed by atoms with Gasteiger partial charge in [-0.05, 0) is 50.6 Å². The van der Waals surface area contributed by atoms with Crippen molar-refractivity contribution in [3.8, 4) is 0 Å². The molecule has 2 atom stereocenters. The van der Waals surface area contributed by atoms with Gasteiger partial charge >= 0.3 is 0 Å². The van der Waals surface area contributed by atoms with E-state index in [2.05, 4.69) is 52.0 Å². The molecule has 1 saturated carbocycles. The van der Waals surface area contributed by atoms with Crippen LogP contribution in [0.15, 0.2) is 0 Å². The monoisotopic (exact) mass is 268 g/mol. The third-order valence-electron chi connectivity index (χ3n) is 4.57. The maximum atomic E-state index is 3.84. The summed E-state index contributed by atoms with van der Waals surface area (Å²) in [6.45, 7) is 11.8. The van der Waals surface area contributed by atoms with Gasteiger partial charge in [-0.15, -0.1) is 0 Å². The Balaban J connectivity index is 2.33. The van der Waals surface area contributed by atoms with Crippen molar-refractivity contribution in [1.29, 1.82) is 0 Å². The molecule has 2 unspecified atom stereocenters. The first kappa shape index (κ1) is 17.0. The minimum absolute atomic E-state index is 0.368. The van der Waals surface area contributed by atoms with Gasteiger partial charge in [0.1, 0.15) is 0 Å². The van der Waals surface area contributed by atoms with Gasteiger partial charge in [0.15, 0.2) is 0 Å². The summed E-state index contributed by atoms with van der Waals surface area (Å²) in [6, 6.07) is 0.755. The smallest absolute Gasteiger partial charge is 0.00674 e. The minimum Gasteiger partial charge on any atom is -0.313 e. The number of rotatable bonds is 6. The molecule has 0 aromatic carbocycles. The molecule has 0 aromatic heterocycles. The average Bonchev–Trinajstić information content (AvgIpc) is 2.50. The molecule has 0 aromatic rings. The summed E-state index contributed by atoms with van der Waals surface area (Å²) in [4.78, 5) is 2.30. The van der Waals surface area contributed by atoms with Crippen LogP contribution in [0.3, 0.4) is 0 Å². The van der Waals surface area contributed by atoms with Crippen molar-refractivity contribution in [2.45, 2.75) is 65.8 Å². The highest BCUT2D eigenvalue weighted by Crippen LogP contribution is 2.29. The molecular weight excluding hydrogens is 232 g/mol. The van der Waals surface area contributed by atoms with Crippen LogP contribution in [0, 0.1) is 17.3 Å². The Bertz CT molecular complexity index is 246. The molecule has 1 N–H and O–H groups in total. The predicted molar refractivity (Wildman–Crippen MR) is 85.5 cm³/mol. The maximum absolute atomic E-state index is 3.84. The fourth-order valence-corrected chi connectivity index (χ4v) is 3.53. The summed E-state index contributed by atoms with van der Waals surface area (Å²) in [7, 11) is 4.33. The number of hydrogen-bond donors (Lipinski definition) is 1. The standard InChI is InChI=1S/C17H36N2/c1-14(2)15-8-7-9-16(11-10-15)18-12-17(3,4)13-19(5)6/h14-16,18H,7-13H2,1-6H3. The fraction of sp³-hybridized carbons (Fsp3) is 1.00. The lowest BCUT2D eigenvalue weighted by Crippen LogP contribution is -2.41. The van der Waals surface area contributed by atoms with Gasteiger partial charge < -0.3 is 10.2 Å². The summed E-state index contributed by atoms with van der Waals surface area (Å²) in [5.74, 6) is 1.82. The highest BCUT2D eigenvalue weighted by molar-refractivity contribution is 4.80. The molecule has 1 rings (SSSR count). The molecule has 0 amide bonds. The molecule has 0 heterocycles. The molecule has 19 heavy (non-hydrogen) atoms. The van der Waals surface area contributed by atoms with Crippen LogP contribution in [0.2, 0.25) is 0 Å². The van der Waals surface area contributed by atoms with E-state index in [1.54, 1.807) is 0 Å². The zero-order valence-corrected chi connectivity index (χ0v) is 14.1. The Morgan fingerprint density at radius 2 is 1.79 bits per heavy atom. The van der Waals surface area contributed by atoms with Gasteiger partial charge in [0.25, 0.3) is 0 Å². The highest BCUT2D eigenvalue weighted by Gasteiger charge is 2.24. The average molecular weight is 268 g/mol. The van der Waals surface area contributed by atoms with Crippen LogP contribution in [0.25, 0.3) is 0 Å². The van der Waals surface area contributed by atoms with Gasteiger partial charge in [-0.1, -0.05) is 40.5 Å². The molecule has 1 fully saturated rings.